The van der Waals surface area contributed by atoms with Gasteiger partial charge in [0.15, 0.2) is 4.75 Å². The molecule has 8 nitrogen and oxygen atoms in total. The van der Waals surface area contributed by atoms with Crippen molar-refractivity contribution in [2.45, 2.75) is 22.3 Å². The molecule has 30 heavy (non-hydrogen) atoms. The van der Waals surface area contributed by atoms with Gasteiger partial charge in [-0.25, -0.2) is 13.1 Å². The highest BCUT2D eigenvalue weighted by molar-refractivity contribution is 8.02. The van der Waals surface area contributed by atoms with Gasteiger partial charge in [0.05, 0.1) is 18.0 Å². The van der Waals surface area contributed by atoms with Crippen LogP contribution in [-0.2, 0) is 30.1 Å². The third-order valence-electron chi connectivity index (χ3n) is 4.49. The number of rotatable bonds is 8. The van der Waals surface area contributed by atoms with Gasteiger partial charge in [0.2, 0.25) is 21.8 Å². The Morgan fingerprint density at radius 3 is 2.73 bits per heavy atom. The molecule has 0 spiro atoms. The lowest BCUT2D eigenvalue weighted by molar-refractivity contribution is -0.126. The summed E-state index contributed by atoms with van der Waals surface area (Å²) in [5, 5.41) is 5.50. The molecule has 3 N–H and O–H groups in total. The van der Waals surface area contributed by atoms with E-state index in [-0.39, 0.29) is 18.9 Å². The van der Waals surface area contributed by atoms with Crippen molar-refractivity contribution in [2.75, 3.05) is 30.9 Å². The number of thioether (sulfide) groups is 1. The van der Waals surface area contributed by atoms with Crippen LogP contribution in [0.2, 0.25) is 0 Å². The molecule has 1 aliphatic heterocycles. The fourth-order valence-electron chi connectivity index (χ4n) is 2.88. The maximum atomic E-state index is 12.9. The molecular weight excluding hydrogens is 426 g/mol. The minimum Gasteiger partial charge on any atom is -0.383 e. The molecule has 0 saturated heterocycles. The number of amides is 2. The van der Waals surface area contributed by atoms with Crippen molar-refractivity contribution >= 4 is 45.0 Å². The number of carbonyl (C=O) groups is 2. The molecule has 0 aliphatic carbocycles. The molecule has 1 atom stereocenters. The first kappa shape index (κ1) is 22.3. The molecule has 0 bridgehead atoms. The number of nitrogens with one attached hydrogen (secondary N) is 3. The van der Waals surface area contributed by atoms with Gasteiger partial charge in [0.25, 0.3) is 0 Å². The molecule has 1 unspecified atom stereocenters. The highest BCUT2D eigenvalue weighted by atomic mass is 32.2. The minimum absolute atomic E-state index is 0.182. The van der Waals surface area contributed by atoms with E-state index in [0.29, 0.717) is 16.9 Å². The maximum Gasteiger partial charge on any atom is 0.250 e. The highest BCUT2D eigenvalue weighted by Gasteiger charge is 2.45. The lowest BCUT2D eigenvalue weighted by atomic mass is 10.1. The van der Waals surface area contributed by atoms with E-state index in [4.69, 9.17) is 4.74 Å². The molecule has 3 rings (SSSR count). The second-order valence-corrected chi connectivity index (χ2v) is 10.2. The van der Waals surface area contributed by atoms with Crippen LogP contribution in [0.1, 0.15) is 12.5 Å². The van der Waals surface area contributed by atoms with E-state index in [0.717, 1.165) is 4.90 Å². The van der Waals surface area contributed by atoms with Crippen molar-refractivity contribution in [1.82, 2.24) is 4.72 Å². The molecule has 10 heteroatoms. The van der Waals surface area contributed by atoms with Crippen LogP contribution in [0.3, 0.4) is 0 Å². The standard InChI is InChI=1S/C20H23N3O5S2/c1-20(19(25)23-16-8-3-4-9-17(16)29-20)18(24)22-15-7-5-6-14(12-15)13-30(26,27)21-10-11-28-2/h3-9,12,21H,10-11,13H2,1-2H3,(H,22,24)(H,23,25). The van der Waals surface area contributed by atoms with Crippen molar-refractivity contribution in [1.29, 1.82) is 0 Å². The van der Waals surface area contributed by atoms with E-state index in [2.05, 4.69) is 15.4 Å². The predicted octanol–water partition coefficient (Wildman–Crippen LogP) is 2.19. The molecule has 1 aliphatic rings. The normalized spacial score (nSPS) is 18.4. The Bertz CT molecular complexity index is 1060. The largest absolute Gasteiger partial charge is 0.383 e. The Morgan fingerprint density at radius 2 is 1.97 bits per heavy atom. The van der Waals surface area contributed by atoms with Crippen LogP contribution in [0.15, 0.2) is 53.4 Å². The second kappa shape index (κ2) is 9.17. The molecule has 1 heterocycles. The van der Waals surface area contributed by atoms with Crippen LogP contribution in [0.5, 0.6) is 0 Å². The van der Waals surface area contributed by atoms with Gasteiger partial charge < -0.3 is 15.4 Å². The average molecular weight is 450 g/mol. The summed E-state index contributed by atoms with van der Waals surface area (Å²) < 4.78 is 30.2. The zero-order valence-corrected chi connectivity index (χ0v) is 18.2. The van der Waals surface area contributed by atoms with Crippen LogP contribution in [0.4, 0.5) is 11.4 Å². The van der Waals surface area contributed by atoms with E-state index in [1.165, 1.54) is 18.9 Å². The van der Waals surface area contributed by atoms with Gasteiger partial charge in [0, 0.05) is 24.2 Å². The van der Waals surface area contributed by atoms with E-state index in [1.807, 2.05) is 18.2 Å². The Kier molecular flexibility index (Phi) is 6.81. The first-order chi connectivity index (χ1) is 14.2. The molecule has 0 saturated carbocycles. The quantitative estimate of drug-likeness (QED) is 0.421. The summed E-state index contributed by atoms with van der Waals surface area (Å²) in [6.07, 6.45) is 0. The van der Waals surface area contributed by atoms with E-state index < -0.39 is 26.6 Å². The molecule has 0 radical (unpaired) electrons. The zero-order valence-electron chi connectivity index (χ0n) is 16.6. The van der Waals surface area contributed by atoms with Crippen LogP contribution in [0, 0.1) is 0 Å². The Morgan fingerprint density at radius 1 is 1.20 bits per heavy atom. The minimum atomic E-state index is -3.54. The van der Waals surface area contributed by atoms with Crippen molar-refractivity contribution < 1.29 is 22.7 Å². The zero-order chi connectivity index (χ0) is 21.8. The van der Waals surface area contributed by atoms with Gasteiger partial charge in [-0.1, -0.05) is 36.0 Å². The van der Waals surface area contributed by atoms with E-state index in [9.17, 15) is 18.0 Å². The molecule has 2 aromatic carbocycles. The van der Waals surface area contributed by atoms with Crippen molar-refractivity contribution in [2.24, 2.45) is 0 Å². The number of benzene rings is 2. The summed E-state index contributed by atoms with van der Waals surface area (Å²) in [5.41, 5.74) is 1.60. The third kappa shape index (κ3) is 5.20. The SMILES string of the molecule is COCCNS(=O)(=O)Cc1cccc(NC(=O)C2(C)Sc3ccccc3NC2=O)c1. The van der Waals surface area contributed by atoms with Crippen LogP contribution in [0.25, 0.3) is 0 Å². The summed E-state index contributed by atoms with van der Waals surface area (Å²) >= 11 is 1.18. The van der Waals surface area contributed by atoms with E-state index >= 15 is 0 Å². The molecular formula is C20H23N3O5S2. The van der Waals surface area contributed by atoms with Crippen LogP contribution >= 0.6 is 11.8 Å². The molecule has 160 valence electrons. The van der Waals surface area contributed by atoms with Gasteiger partial charge in [-0.2, -0.15) is 0 Å². The summed E-state index contributed by atoms with van der Waals surface area (Å²) in [4.78, 5) is 26.3. The number of carbonyl (C=O) groups excluding carboxylic acids is 2. The van der Waals surface area contributed by atoms with Gasteiger partial charge in [-0.15, -0.1) is 0 Å². The second-order valence-electron chi connectivity index (χ2n) is 6.89. The van der Waals surface area contributed by atoms with Crippen molar-refractivity contribution in [3.8, 4) is 0 Å². The fourth-order valence-corrected chi connectivity index (χ4v) is 5.09. The number of hydrogen-bond acceptors (Lipinski definition) is 6. The van der Waals surface area contributed by atoms with Gasteiger partial charge in [0.1, 0.15) is 0 Å². The lowest BCUT2D eigenvalue weighted by Crippen LogP contribution is -2.49. The summed E-state index contributed by atoms with van der Waals surface area (Å²) in [6.45, 7) is 2.02. The number of para-hydroxylation sites is 1. The summed E-state index contributed by atoms with van der Waals surface area (Å²) in [7, 11) is -2.05. The number of fused-ring (bicyclic) bond motifs is 1. The number of anilines is 2. The Balaban J connectivity index is 1.71. The topological polar surface area (TPSA) is 114 Å². The molecule has 2 aromatic rings. The van der Waals surface area contributed by atoms with Crippen molar-refractivity contribution in [3.63, 3.8) is 0 Å². The number of ether oxygens (including phenoxy) is 1. The summed E-state index contributed by atoms with van der Waals surface area (Å²) in [5.74, 6) is -1.14. The van der Waals surface area contributed by atoms with Crippen molar-refractivity contribution in [3.05, 3.63) is 54.1 Å². The molecule has 0 fully saturated rings. The third-order valence-corrected chi connectivity index (χ3v) is 7.20. The van der Waals surface area contributed by atoms with Crippen LogP contribution in [-0.4, -0.2) is 45.2 Å². The number of hydrogen-bond donors (Lipinski definition) is 3. The average Bonchev–Trinajstić information content (AvgIpc) is 2.69. The number of sulfonamides is 1. The smallest absolute Gasteiger partial charge is 0.250 e. The predicted molar refractivity (Wildman–Crippen MR) is 117 cm³/mol. The van der Waals surface area contributed by atoms with Gasteiger partial charge in [-0.05, 0) is 36.8 Å². The Hall–Kier alpha value is -2.40. The molecule has 2 amide bonds. The van der Waals surface area contributed by atoms with Gasteiger partial charge in [-0.3, -0.25) is 9.59 Å². The summed E-state index contributed by atoms with van der Waals surface area (Å²) in [6, 6.07) is 13.8. The maximum absolute atomic E-state index is 12.9. The number of methoxy groups -OCH3 is 1. The lowest BCUT2D eigenvalue weighted by Gasteiger charge is -2.31. The molecule has 0 aromatic heterocycles. The fraction of sp³-hybridized carbons (Fsp3) is 0.300. The van der Waals surface area contributed by atoms with Gasteiger partial charge >= 0.3 is 0 Å². The highest BCUT2D eigenvalue weighted by Crippen LogP contribution is 2.42. The monoisotopic (exact) mass is 449 g/mol. The van der Waals surface area contributed by atoms with Crippen LogP contribution < -0.4 is 15.4 Å². The van der Waals surface area contributed by atoms with E-state index in [1.54, 1.807) is 37.3 Å². The Labute approximate surface area is 179 Å². The first-order valence-corrected chi connectivity index (χ1v) is 11.7. The first-order valence-electron chi connectivity index (χ1n) is 9.20.